The van der Waals surface area contributed by atoms with E-state index in [4.69, 9.17) is 0 Å². The summed E-state index contributed by atoms with van der Waals surface area (Å²) in [5.74, 6) is -8.23. The molecular formula is C22H30F4N2O3. The summed E-state index contributed by atoms with van der Waals surface area (Å²) in [4.78, 5) is 24.1. The van der Waals surface area contributed by atoms with Gasteiger partial charge in [-0.1, -0.05) is 26.8 Å². The topological polar surface area (TPSA) is 78.4 Å². The van der Waals surface area contributed by atoms with Crippen LogP contribution in [0.4, 0.5) is 17.6 Å². The molecule has 2 rings (SSSR count). The zero-order valence-electron chi connectivity index (χ0n) is 17.9. The van der Waals surface area contributed by atoms with Gasteiger partial charge < -0.3 is 15.7 Å². The molecule has 1 aromatic rings. The van der Waals surface area contributed by atoms with Crippen molar-refractivity contribution in [2.45, 2.75) is 70.4 Å². The summed E-state index contributed by atoms with van der Waals surface area (Å²) in [6.45, 7) is 4.80. The van der Waals surface area contributed by atoms with Crippen LogP contribution in [0.25, 0.3) is 0 Å². The number of rotatable bonds is 9. The first-order valence-electron chi connectivity index (χ1n) is 10.5. The molecule has 3 N–H and O–H groups in total. The molecule has 174 valence electrons. The molecule has 2 amide bonds. The van der Waals surface area contributed by atoms with Crippen molar-refractivity contribution < 1.29 is 32.3 Å². The van der Waals surface area contributed by atoms with Crippen LogP contribution in [0, 0.1) is 23.5 Å². The average Bonchev–Trinajstić information content (AvgIpc) is 3.12. The smallest absolute Gasteiger partial charge is 0.349 e. The van der Waals surface area contributed by atoms with Crippen molar-refractivity contribution in [1.82, 2.24) is 10.6 Å². The Bertz CT molecular complexity index is 788. The summed E-state index contributed by atoms with van der Waals surface area (Å²) in [5.41, 5.74) is 0.254. The fourth-order valence-corrected chi connectivity index (χ4v) is 3.85. The first-order valence-corrected chi connectivity index (χ1v) is 10.5. The van der Waals surface area contributed by atoms with E-state index in [1.165, 1.54) is 19.9 Å². The number of nitrogens with one attached hydrogen (secondary N) is 2. The van der Waals surface area contributed by atoms with E-state index in [2.05, 4.69) is 10.6 Å². The van der Waals surface area contributed by atoms with Crippen LogP contribution >= 0.6 is 0 Å². The Morgan fingerprint density at radius 2 is 1.87 bits per heavy atom. The van der Waals surface area contributed by atoms with Crippen molar-refractivity contribution in [3.8, 4) is 0 Å². The second-order valence-corrected chi connectivity index (χ2v) is 8.74. The summed E-state index contributed by atoms with van der Waals surface area (Å²) in [5, 5.41) is 14.6. The number of hydrogen-bond acceptors (Lipinski definition) is 3. The van der Waals surface area contributed by atoms with Gasteiger partial charge in [0.2, 0.25) is 5.91 Å². The summed E-state index contributed by atoms with van der Waals surface area (Å²) in [6, 6.07) is 2.79. The van der Waals surface area contributed by atoms with Gasteiger partial charge in [-0.05, 0) is 48.6 Å². The Balaban J connectivity index is 1.78. The van der Waals surface area contributed by atoms with Crippen molar-refractivity contribution >= 4 is 11.8 Å². The van der Waals surface area contributed by atoms with Crippen LogP contribution < -0.4 is 10.6 Å². The van der Waals surface area contributed by atoms with E-state index < -0.39 is 47.4 Å². The van der Waals surface area contributed by atoms with E-state index in [9.17, 15) is 32.3 Å². The molecule has 1 saturated carbocycles. The molecule has 9 heteroatoms. The predicted molar refractivity (Wildman–Crippen MR) is 107 cm³/mol. The molecule has 31 heavy (non-hydrogen) atoms. The van der Waals surface area contributed by atoms with E-state index >= 15 is 0 Å². The van der Waals surface area contributed by atoms with Gasteiger partial charge in [-0.25, -0.2) is 8.78 Å². The molecule has 4 atom stereocenters. The van der Waals surface area contributed by atoms with Gasteiger partial charge in [0.25, 0.3) is 5.91 Å². The fraction of sp³-hybridized carbons (Fsp3) is 0.636. The number of hydrogen-bond donors (Lipinski definition) is 3. The SMILES string of the molecule is CC(CC(=O)NC[C@H]1CC[C@@H](NC(=O)C(F)(F)C(O)C(C)C)C1)c1ccc(F)cc1F. The maximum Gasteiger partial charge on any atom is 0.349 e. The van der Waals surface area contributed by atoms with Crippen molar-refractivity contribution in [3.63, 3.8) is 0 Å². The first kappa shape index (κ1) is 25.1. The Morgan fingerprint density at radius 3 is 2.48 bits per heavy atom. The van der Waals surface area contributed by atoms with E-state index in [-0.39, 0.29) is 23.8 Å². The van der Waals surface area contributed by atoms with Crippen LogP contribution in [0.1, 0.15) is 57.9 Å². The van der Waals surface area contributed by atoms with Crippen molar-refractivity contribution in [2.75, 3.05) is 6.54 Å². The van der Waals surface area contributed by atoms with Gasteiger partial charge >= 0.3 is 5.92 Å². The number of carbonyl (C=O) groups excluding carboxylic acids is 2. The first-order chi connectivity index (χ1) is 14.4. The summed E-state index contributed by atoms with van der Waals surface area (Å²) >= 11 is 0. The van der Waals surface area contributed by atoms with Crippen molar-refractivity contribution in [2.24, 2.45) is 11.8 Å². The minimum absolute atomic E-state index is 0.00996. The monoisotopic (exact) mass is 446 g/mol. The number of carbonyl (C=O) groups is 2. The van der Waals surface area contributed by atoms with Gasteiger partial charge in [-0.15, -0.1) is 0 Å². The Morgan fingerprint density at radius 1 is 1.19 bits per heavy atom. The van der Waals surface area contributed by atoms with E-state index in [0.717, 1.165) is 12.1 Å². The Hall–Kier alpha value is -2.16. The van der Waals surface area contributed by atoms with Gasteiger partial charge in [0.15, 0.2) is 0 Å². The highest BCUT2D eigenvalue weighted by Gasteiger charge is 2.48. The standard InChI is InChI=1S/C22H30F4N2O3/c1-12(2)20(30)22(25,26)21(31)28-16-6-4-14(9-16)11-27-19(29)8-13(3)17-7-5-15(23)10-18(17)24/h5,7,10,12-14,16,20,30H,4,6,8-9,11H2,1-3H3,(H,27,29)(H,28,31)/t13?,14-,16+,20?/m0/s1. The van der Waals surface area contributed by atoms with Gasteiger partial charge in [-0.2, -0.15) is 8.78 Å². The molecule has 0 bridgehead atoms. The number of aliphatic hydroxyl groups excluding tert-OH is 1. The highest BCUT2D eigenvalue weighted by Crippen LogP contribution is 2.29. The molecule has 0 aliphatic heterocycles. The lowest BCUT2D eigenvalue weighted by Gasteiger charge is -2.26. The number of alkyl halides is 2. The zero-order valence-corrected chi connectivity index (χ0v) is 17.9. The minimum atomic E-state index is -3.87. The summed E-state index contributed by atoms with van der Waals surface area (Å²) < 4.78 is 54.9. The van der Waals surface area contributed by atoms with Gasteiger partial charge in [0.05, 0.1) is 0 Å². The molecule has 1 aliphatic carbocycles. The highest BCUT2D eigenvalue weighted by molar-refractivity contribution is 5.84. The molecular weight excluding hydrogens is 416 g/mol. The van der Waals surface area contributed by atoms with Crippen LogP contribution in [-0.4, -0.2) is 41.5 Å². The molecule has 0 saturated heterocycles. The van der Waals surface area contributed by atoms with Gasteiger partial charge in [-0.3, -0.25) is 9.59 Å². The molecule has 1 aromatic carbocycles. The Kier molecular flexibility index (Phi) is 8.45. The van der Waals surface area contributed by atoms with Crippen LogP contribution in [0.5, 0.6) is 0 Å². The number of aliphatic hydroxyl groups is 1. The maximum atomic E-state index is 14.0. The van der Waals surface area contributed by atoms with Crippen LogP contribution in [0.3, 0.4) is 0 Å². The normalized spacial score (nSPS) is 21.1. The summed E-state index contributed by atoms with van der Waals surface area (Å²) in [6.07, 6.45) is -0.461. The van der Waals surface area contributed by atoms with Gasteiger partial charge in [0, 0.05) is 25.1 Å². The zero-order chi connectivity index (χ0) is 23.3. The molecule has 1 fully saturated rings. The largest absolute Gasteiger partial charge is 0.386 e. The average molecular weight is 446 g/mol. The predicted octanol–water partition coefficient (Wildman–Crippen LogP) is 3.51. The molecule has 5 nitrogen and oxygen atoms in total. The highest BCUT2D eigenvalue weighted by atomic mass is 19.3. The lowest BCUT2D eigenvalue weighted by molar-refractivity contribution is -0.169. The lowest BCUT2D eigenvalue weighted by atomic mass is 9.96. The third-order valence-electron chi connectivity index (χ3n) is 5.76. The second kappa shape index (κ2) is 10.4. The third-order valence-corrected chi connectivity index (χ3v) is 5.76. The van der Waals surface area contributed by atoms with Crippen molar-refractivity contribution in [3.05, 3.63) is 35.4 Å². The number of amides is 2. The molecule has 0 heterocycles. The van der Waals surface area contributed by atoms with Crippen molar-refractivity contribution in [1.29, 1.82) is 0 Å². The quantitative estimate of drug-likeness (QED) is 0.508. The van der Waals surface area contributed by atoms with Crippen LogP contribution in [0.15, 0.2) is 18.2 Å². The van der Waals surface area contributed by atoms with Crippen LogP contribution in [0.2, 0.25) is 0 Å². The fourth-order valence-electron chi connectivity index (χ4n) is 3.85. The lowest BCUT2D eigenvalue weighted by Crippen LogP contribution is -2.52. The molecule has 0 aromatic heterocycles. The molecule has 2 unspecified atom stereocenters. The van der Waals surface area contributed by atoms with Gasteiger partial charge in [0.1, 0.15) is 17.7 Å². The number of halogens is 4. The number of benzene rings is 1. The maximum absolute atomic E-state index is 14.0. The van der Waals surface area contributed by atoms with Crippen LogP contribution in [-0.2, 0) is 9.59 Å². The van der Waals surface area contributed by atoms with E-state index in [1.54, 1.807) is 6.92 Å². The molecule has 1 aliphatic rings. The second-order valence-electron chi connectivity index (χ2n) is 8.74. The minimum Gasteiger partial charge on any atom is -0.386 e. The van der Waals surface area contributed by atoms with E-state index in [1.807, 2.05) is 0 Å². The third kappa shape index (κ3) is 6.66. The summed E-state index contributed by atoms with van der Waals surface area (Å²) in [7, 11) is 0. The van der Waals surface area contributed by atoms with E-state index in [0.29, 0.717) is 25.8 Å². The molecule has 0 radical (unpaired) electrons. The molecule has 0 spiro atoms. The Labute approximate surface area is 179 Å².